The first-order valence-electron chi connectivity index (χ1n) is 8.64. The van der Waals surface area contributed by atoms with Gasteiger partial charge in [-0.1, -0.05) is 13.8 Å². The highest BCUT2D eigenvalue weighted by Gasteiger charge is 2.25. The van der Waals surface area contributed by atoms with Crippen LogP contribution in [0.15, 0.2) is 56.0 Å². The van der Waals surface area contributed by atoms with Crippen molar-refractivity contribution in [3.8, 4) is 5.75 Å². The van der Waals surface area contributed by atoms with Crippen LogP contribution in [0.1, 0.15) is 25.0 Å². The number of carbonyl (C=O) groups excluding carboxylic acids is 1. The highest BCUT2D eigenvalue weighted by molar-refractivity contribution is 9.11. The van der Waals surface area contributed by atoms with E-state index < -0.39 is 10.9 Å². The largest absolute Gasteiger partial charge is 0.491 e. The van der Waals surface area contributed by atoms with Gasteiger partial charge in [-0.05, 0) is 73.7 Å². The average molecular weight is 524 g/mol. The zero-order chi connectivity index (χ0) is 21.1. The Kier molecular flexibility index (Phi) is 6.49. The van der Waals surface area contributed by atoms with Crippen molar-refractivity contribution in [2.75, 3.05) is 6.61 Å². The predicted molar refractivity (Wildman–Crippen MR) is 116 cm³/mol. The number of cyclic esters (lactones) is 1. The summed E-state index contributed by atoms with van der Waals surface area (Å²) in [5, 5.41) is 10.8. The lowest BCUT2D eigenvalue weighted by molar-refractivity contribution is -0.384. The summed E-state index contributed by atoms with van der Waals surface area (Å²) in [5.41, 5.74) is 1.28. The molecule has 0 amide bonds. The van der Waals surface area contributed by atoms with Crippen molar-refractivity contribution in [1.29, 1.82) is 0 Å². The Labute approximate surface area is 183 Å². The predicted octanol–water partition coefficient (Wildman–Crippen LogP) is 5.50. The molecular weight excluding hydrogens is 508 g/mol. The molecule has 3 rings (SSSR count). The van der Waals surface area contributed by atoms with E-state index in [-0.39, 0.29) is 17.3 Å². The van der Waals surface area contributed by atoms with E-state index in [2.05, 4.69) is 50.7 Å². The quantitative estimate of drug-likeness (QED) is 0.216. The number of nitro groups is 1. The SMILES string of the molecule is CC(C)COc1c(Br)cc(/C=C2\N=C(c3ccc([N+](=O)[O-])cc3)OC2=O)cc1Br. The Bertz CT molecular complexity index is 1010. The number of hydrogen-bond donors (Lipinski definition) is 0. The molecule has 29 heavy (non-hydrogen) atoms. The molecule has 9 heteroatoms. The van der Waals surface area contributed by atoms with Crippen LogP contribution in [-0.4, -0.2) is 23.4 Å². The molecule has 0 N–H and O–H groups in total. The summed E-state index contributed by atoms with van der Waals surface area (Å²) < 4.78 is 12.5. The van der Waals surface area contributed by atoms with Crippen LogP contribution in [-0.2, 0) is 9.53 Å². The molecule has 0 unspecified atom stereocenters. The van der Waals surface area contributed by atoms with Crippen LogP contribution in [0.25, 0.3) is 6.08 Å². The number of non-ortho nitro benzene ring substituents is 1. The van der Waals surface area contributed by atoms with E-state index in [1.807, 2.05) is 12.1 Å². The van der Waals surface area contributed by atoms with E-state index >= 15 is 0 Å². The molecule has 0 radical (unpaired) electrons. The van der Waals surface area contributed by atoms with Gasteiger partial charge in [-0.3, -0.25) is 10.1 Å². The van der Waals surface area contributed by atoms with Crippen LogP contribution in [0.2, 0.25) is 0 Å². The Morgan fingerprint density at radius 1 is 1.21 bits per heavy atom. The van der Waals surface area contributed by atoms with Gasteiger partial charge in [0.05, 0.1) is 20.5 Å². The molecule has 1 aliphatic rings. The van der Waals surface area contributed by atoms with Crippen molar-refractivity contribution >= 4 is 55.5 Å². The zero-order valence-corrected chi connectivity index (χ0v) is 18.7. The van der Waals surface area contributed by atoms with Gasteiger partial charge in [0, 0.05) is 17.7 Å². The maximum absolute atomic E-state index is 12.2. The summed E-state index contributed by atoms with van der Waals surface area (Å²) in [6.07, 6.45) is 1.60. The average Bonchev–Trinajstić information content (AvgIpc) is 3.01. The number of ether oxygens (including phenoxy) is 2. The van der Waals surface area contributed by atoms with E-state index in [1.165, 1.54) is 24.3 Å². The number of halogens is 2. The van der Waals surface area contributed by atoms with Crippen LogP contribution >= 0.6 is 31.9 Å². The maximum Gasteiger partial charge on any atom is 0.363 e. The van der Waals surface area contributed by atoms with Gasteiger partial charge in [0.1, 0.15) is 5.75 Å². The van der Waals surface area contributed by atoms with Crippen LogP contribution in [0, 0.1) is 16.0 Å². The second-order valence-electron chi connectivity index (χ2n) is 6.66. The summed E-state index contributed by atoms with van der Waals surface area (Å²) in [7, 11) is 0. The molecule has 0 atom stereocenters. The third-order valence-corrected chi connectivity index (χ3v) is 5.01. The van der Waals surface area contributed by atoms with E-state index in [4.69, 9.17) is 9.47 Å². The van der Waals surface area contributed by atoms with Crippen molar-refractivity contribution in [1.82, 2.24) is 0 Å². The fourth-order valence-corrected chi connectivity index (χ4v) is 3.92. The van der Waals surface area contributed by atoms with Gasteiger partial charge in [0.25, 0.3) is 5.69 Å². The lowest BCUT2D eigenvalue weighted by atomic mass is 10.2. The normalized spacial score (nSPS) is 14.9. The lowest BCUT2D eigenvalue weighted by Gasteiger charge is -2.13. The Hall–Kier alpha value is -2.52. The van der Waals surface area contributed by atoms with E-state index in [0.717, 1.165) is 14.5 Å². The van der Waals surface area contributed by atoms with E-state index in [1.54, 1.807) is 6.08 Å². The summed E-state index contributed by atoms with van der Waals surface area (Å²) >= 11 is 6.98. The minimum absolute atomic E-state index is 0.0519. The summed E-state index contributed by atoms with van der Waals surface area (Å²) in [4.78, 5) is 26.7. The van der Waals surface area contributed by atoms with E-state index in [0.29, 0.717) is 23.8 Å². The smallest absolute Gasteiger partial charge is 0.363 e. The molecule has 150 valence electrons. The fourth-order valence-electron chi connectivity index (χ4n) is 2.47. The zero-order valence-electron chi connectivity index (χ0n) is 15.5. The van der Waals surface area contributed by atoms with Gasteiger partial charge in [-0.25, -0.2) is 9.79 Å². The standard InChI is InChI=1S/C20H16Br2N2O5/c1-11(2)10-28-18-15(21)7-12(8-16(18)22)9-17-20(25)29-19(23-17)13-3-5-14(6-4-13)24(26)27/h3-9,11H,10H2,1-2H3/b17-9-. The van der Waals surface area contributed by atoms with Gasteiger partial charge in [0.2, 0.25) is 5.90 Å². The molecule has 1 aliphatic heterocycles. The number of aliphatic imine (C=N–C) groups is 1. The number of rotatable bonds is 6. The van der Waals surface area contributed by atoms with Gasteiger partial charge in [0.15, 0.2) is 5.70 Å². The number of carbonyl (C=O) groups is 1. The molecule has 0 bridgehead atoms. The summed E-state index contributed by atoms with van der Waals surface area (Å²) in [5.74, 6) is 0.581. The summed E-state index contributed by atoms with van der Waals surface area (Å²) in [6, 6.07) is 9.28. The summed E-state index contributed by atoms with van der Waals surface area (Å²) in [6.45, 7) is 4.70. The first kappa shape index (κ1) is 21.2. The van der Waals surface area contributed by atoms with Crippen molar-refractivity contribution in [2.24, 2.45) is 10.9 Å². The highest BCUT2D eigenvalue weighted by atomic mass is 79.9. The third kappa shape index (κ3) is 5.10. The minimum atomic E-state index is -0.592. The van der Waals surface area contributed by atoms with E-state index in [9.17, 15) is 14.9 Å². The topological polar surface area (TPSA) is 91.0 Å². The molecule has 0 fully saturated rings. The molecule has 0 aliphatic carbocycles. The van der Waals surface area contributed by atoms with Crippen LogP contribution in [0.4, 0.5) is 5.69 Å². The van der Waals surface area contributed by atoms with Gasteiger partial charge >= 0.3 is 5.97 Å². The Morgan fingerprint density at radius 3 is 2.38 bits per heavy atom. The number of benzene rings is 2. The van der Waals surface area contributed by atoms with Gasteiger partial charge in [-0.15, -0.1) is 0 Å². The van der Waals surface area contributed by atoms with Crippen molar-refractivity contribution in [3.05, 3.63) is 72.3 Å². The van der Waals surface area contributed by atoms with Crippen molar-refractivity contribution < 1.29 is 19.2 Å². The van der Waals surface area contributed by atoms with Crippen molar-refractivity contribution in [2.45, 2.75) is 13.8 Å². The molecule has 0 saturated carbocycles. The second kappa shape index (κ2) is 8.87. The lowest BCUT2D eigenvalue weighted by Crippen LogP contribution is -2.06. The molecule has 1 heterocycles. The maximum atomic E-state index is 12.2. The number of nitro benzene ring substituents is 1. The monoisotopic (exact) mass is 522 g/mol. The molecule has 0 spiro atoms. The van der Waals surface area contributed by atoms with Crippen LogP contribution in [0.5, 0.6) is 5.75 Å². The first-order valence-corrected chi connectivity index (χ1v) is 10.2. The fraction of sp³-hybridized carbons (Fsp3) is 0.200. The molecule has 0 saturated heterocycles. The molecular formula is C20H16Br2N2O5. The molecule has 2 aromatic rings. The number of hydrogen-bond acceptors (Lipinski definition) is 6. The Balaban J connectivity index is 1.86. The van der Waals surface area contributed by atoms with Crippen molar-refractivity contribution in [3.63, 3.8) is 0 Å². The second-order valence-corrected chi connectivity index (χ2v) is 8.37. The first-order chi connectivity index (χ1) is 13.7. The minimum Gasteiger partial charge on any atom is -0.491 e. The van der Waals surface area contributed by atoms with Gasteiger partial charge in [-0.2, -0.15) is 0 Å². The Morgan fingerprint density at radius 2 is 1.83 bits per heavy atom. The highest BCUT2D eigenvalue weighted by Crippen LogP contribution is 2.36. The molecule has 0 aromatic heterocycles. The van der Waals surface area contributed by atoms with Crippen LogP contribution < -0.4 is 4.74 Å². The molecule has 2 aromatic carbocycles. The number of nitrogens with zero attached hydrogens (tertiary/aromatic N) is 2. The molecule has 7 nitrogen and oxygen atoms in total. The third-order valence-electron chi connectivity index (χ3n) is 3.83. The van der Waals surface area contributed by atoms with Gasteiger partial charge < -0.3 is 9.47 Å². The van der Waals surface area contributed by atoms with Crippen LogP contribution in [0.3, 0.4) is 0 Å². The number of esters is 1.